The summed E-state index contributed by atoms with van der Waals surface area (Å²) in [6.45, 7) is 1.66. The van der Waals surface area contributed by atoms with Crippen molar-refractivity contribution in [2.45, 2.75) is 45.1 Å². The van der Waals surface area contributed by atoms with Crippen LogP contribution in [0.1, 0.15) is 43.2 Å². The Labute approximate surface area is 176 Å². The third-order valence-electron chi connectivity index (χ3n) is 5.24. The molecule has 0 unspecified atom stereocenters. The minimum absolute atomic E-state index is 0.0131. The Bertz CT molecular complexity index is 894. The third-order valence-corrected chi connectivity index (χ3v) is 5.24. The highest BCUT2D eigenvalue weighted by Crippen LogP contribution is 2.29. The monoisotopic (exact) mass is 409 g/mol. The number of hydrogen-bond acceptors (Lipinski definition) is 5. The first kappa shape index (κ1) is 20.2. The summed E-state index contributed by atoms with van der Waals surface area (Å²) in [5, 5.41) is 5.76. The second-order valence-corrected chi connectivity index (χ2v) is 7.85. The number of amides is 2. The lowest BCUT2D eigenvalue weighted by molar-refractivity contribution is -0.121. The van der Waals surface area contributed by atoms with Crippen LogP contribution in [0.3, 0.4) is 0 Å². The van der Waals surface area contributed by atoms with Gasteiger partial charge in [-0.25, -0.2) is 4.98 Å². The highest BCUT2D eigenvalue weighted by Gasteiger charge is 2.22. The van der Waals surface area contributed by atoms with Crippen molar-refractivity contribution in [3.63, 3.8) is 0 Å². The highest BCUT2D eigenvalue weighted by atomic mass is 16.5. The van der Waals surface area contributed by atoms with Gasteiger partial charge in [0, 0.05) is 37.3 Å². The van der Waals surface area contributed by atoms with Crippen LogP contribution in [0.15, 0.2) is 36.5 Å². The lowest BCUT2D eigenvalue weighted by atomic mass is 10.0. The van der Waals surface area contributed by atoms with Gasteiger partial charge in [-0.1, -0.05) is 6.07 Å². The Morgan fingerprint density at radius 1 is 1.17 bits per heavy atom. The smallest absolute Gasteiger partial charge is 0.224 e. The summed E-state index contributed by atoms with van der Waals surface area (Å²) in [5.41, 5.74) is 2.89. The van der Waals surface area contributed by atoms with Gasteiger partial charge in [0.1, 0.15) is 5.75 Å². The molecule has 1 aliphatic heterocycles. The molecule has 0 spiro atoms. The number of rotatable bonds is 10. The summed E-state index contributed by atoms with van der Waals surface area (Å²) in [5.74, 6) is 2.14. The number of carbonyl (C=O) groups is 2. The van der Waals surface area contributed by atoms with Crippen molar-refractivity contribution < 1.29 is 19.1 Å². The van der Waals surface area contributed by atoms with Crippen LogP contribution < -0.4 is 20.1 Å². The number of aromatic nitrogens is 1. The summed E-state index contributed by atoms with van der Waals surface area (Å²) >= 11 is 0. The summed E-state index contributed by atoms with van der Waals surface area (Å²) < 4.78 is 11.4. The van der Waals surface area contributed by atoms with Gasteiger partial charge in [0.15, 0.2) is 0 Å². The van der Waals surface area contributed by atoms with Crippen molar-refractivity contribution in [3.8, 4) is 11.6 Å². The number of aryl methyl sites for hydroxylation is 1. The molecule has 2 N–H and O–H groups in total. The van der Waals surface area contributed by atoms with Gasteiger partial charge < -0.3 is 20.1 Å². The first-order valence-corrected chi connectivity index (χ1v) is 10.6. The molecule has 1 aromatic carbocycles. The van der Waals surface area contributed by atoms with Gasteiger partial charge in [-0.3, -0.25) is 9.59 Å². The second-order valence-electron chi connectivity index (χ2n) is 7.85. The van der Waals surface area contributed by atoms with Crippen molar-refractivity contribution in [3.05, 3.63) is 47.7 Å². The van der Waals surface area contributed by atoms with E-state index in [1.54, 1.807) is 6.20 Å². The van der Waals surface area contributed by atoms with Gasteiger partial charge in [0.05, 0.1) is 13.2 Å². The molecule has 1 aromatic heterocycles. The minimum Gasteiger partial charge on any atom is -0.494 e. The highest BCUT2D eigenvalue weighted by molar-refractivity contribution is 5.94. The molecule has 1 fully saturated rings. The van der Waals surface area contributed by atoms with Gasteiger partial charge in [0.2, 0.25) is 17.7 Å². The van der Waals surface area contributed by atoms with E-state index in [-0.39, 0.29) is 11.8 Å². The molecule has 2 heterocycles. The number of anilines is 1. The minimum atomic E-state index is -0.0131. The Kier molecular flexibility index (Phi) is 6.47. The van der Waals surface area contributed by atoms with E-state index in [2.05, 4.69) is 15.6 Å². The predicted octanol–water partition coefficient (Wildman–Crippen LogP) is 3.23. The fraction of sp³-hybridized carbons (Fsp3) is 0.435. The van der Waals surface area contributed by atoms with Crippen LogP contribution in [0.25, 0.3) is 0 Å². The lowest BCUT2D eigenvalue weighted by Crippen LogP contribution is -2.23. The van der Waals surface area contributed by atoms with Crippen molar-refractivity contribution >= 4 is 17.5 Å². The van der Waals surface area contributed by atoms with Gasteiger partial charge in [-0.2, -0.15) is 0 Å². The molecule has 158 valence electrons. The normalized spacial score (nSPS) is 15.1. The molecule has 1 aliphatic carbocycles. The summed E-state index contributed by atoms with van der Waals surface area (Å²) in [6.07, 6.45) is 6.50. The van der Waals surface area contributed by atoms with Gasteiger partial charge in [-0.15, -0.1) is 0 Å². The Hall–Kier alpha value is -3.09. The molecule has 2 aliphatic rings. The number of ether oxygens (including phenoxy) is 2. The number of pyridine rings is 1. The van der Waals surface area contributed by atoms with Crippen LogP contribution >= 0.6 is 0 Å². The summed E-state index contributed by atoms with van der Waals surface area (Å²) in [4.78, 5) is 27.7. The zero-order valence-electron chi connectivity index (χ0n) is 17.0. The van der Waals surface area contributed by atoms with E-state index in [1.165, 1.54) is 12.8 Å². The summed E-state index contributed by atoms with van der Waals surface area (Å²) in [7, 11) is 0. The van der Waals surface area contributed by atoms with Crippen LogP contribution in [0.5, 0.6) is 11.6 Å². The SMILES string of the molecule is O=C(CCCOc1ccc2c(c1)CCC(=O)N2)NCc1ccc(OCC2CC2)nc1. The molecule has 0 atom stereocenters. The van der Waals surface area contributed by atoms with E-state index < -0.39 is 0 Å². The first-order chi connectivity index (χ1) is 14.7. The Balaban J connectivity index is 1.12. The van der Waals surface area contributed by atoms with Gasteiger partial charge in [-0.05, 0) is 60.9 Å². The average molecular weight is 409 g/mol. The zero-order valence-corrected chi connectivity index (χ0v) is 17.0. The molecule has 0 saturated heterocycles. The quantitative estimate of drug-likeness (QED) is 0.588. The third kappa shape index (κ3) is 5.95. The van der Waals surface area contributed by atoms with Crippen LogP contribution in [0.2, 0.25) is 0 Å². The summed E-state index contributed by atoms with van der Waals surface area (Å²) in [6, 6.07) is 9.44. The van der Waals surface area contributed by atoms with Gasteiger partial charge >= 0.3 is 0 Å². The Morgan fingerprint density at radius 2 is 2.07 bits per heavy atom. The fourth-order valence-electron chi connectivity index (χ4n) is 3.25. The van der Waals surface area contributed by atoms with Crippen LogP contribution in [-0.2, 0) is 22.6 Å². The maximum atomic E-state index is 12.0. The van der Waals surface area contributed by atoms with Crippen molar-refractivity contribution in [2.75, 3.05) is 18.5 Å². The zero-order chi connectivity index (χ0) is 20.8. The van der Waals surface area contributed by atoms with Gasteiger partial charge in [0.25, 0.3) is 0 Å². The van der Waals surface area contributed by atoms with E-state index in [1.807, 2.05) is 30.3 Å². The maximum absolute atomic E-state index is 12.0. The maximum Gasteiger partial charge on any atom is 0.224 e. The van der Waals surface area contributed by atoms with Crippen molar-refractivity contribution in [2.24, 2.45) is 5.92 Å². The van der Waals surface area contributed by atoms with E-state index in [9.17, 15) is 9.59 Å². The lowest BCUT2D eigenvalue weighted by Gasteiger charge is -2.17. The molecule has 7 heteroatoms. The molecule has 2 amide bonds. The molecule has 1 saturated carbocycles. The first-order valence-electron chi connectivity index (χ1n) is 10.6. The van der Waals surface area contributed by atoms with E-state index in [0.29, 0.717) is 44.2 Å². The van der Waals surface area contributed by atoms with Crippen LogP contribution in [0, 0.1) is 5.92 Å². The van der Waals surface area contributed by atoms with Crippen LogP contribution in [0.4, 0.5) is 5.69 Å². The predicted molar refractivity (Wildman–Crippen MR) is 112 cm³/mol. The topological polar surface area (TPSA) is 89.6 Å². The van der Waals surface area contributed by atoms with Crippen molar-refractivity contribution in [1.82, 2.24) is 10.3 Å². The number of nitrogens with zero attached hydrogens (tertiary/aromatic N) is 1. The van der Waals surface area contributed by atoms with E-state index in [0.717, 1.165) is 35.6 Å². The number of fused-ring (bicyclic) bond motifs is 1. The van der Waals surface area contributed by atoms with E-state index >= 15 is 0 Å². The largest absolute Gasteiger partial charge is 0.494 e. The molecule has 0 bridgehead atoms. The van der Waals surface area contributed by atoms with E-state index in [4.69, 9.17) is 9.47 Å². The number of nitrogens with one attached hydrogen (secondary N) is 2. The molecule has 2 aromatic rings. The molecular weight excluding hydrogens is 382 g/mol. The average Bonchev–Trinajstić information content (AvgIpc) is 3.59. The Morgan fingerprint density at radius 3 is 2.87 bits per heavy atom. The molecule has 30 heavy (non-hydrogen) atoms. The molecule has 7 nitrogen and oxygen atoms in total. The molecule has 4 rings (SSSR count). The van der Waals surface area contributed by atoms with Crippen LogP contribution in [-0.4, -0.2) is 30.0 Å². The number of benzene rings is 1. The molecular formula is C23H27N3O4. The molecule has 0 radical (unpaired) electrons. The fourth-order valence-corrected chi connectivity index (χ4v) is 3.25. The second kappa shape index (κ2) is 9.61. The number of carbonyl (C=O) groups excluding carboxylic acids is 2. The number of hydrogen-bond donors (Lipinski definition) is 2. The van der Waals surface area contributed by atoms with Crippen molar-refractivity contribution in [1.29, 1.82) is 0 Å². The standard InChI is InChI=1S/C23H27N3O4/c27-21(24-13-17-5-10-23(25-14-17)30-15-16-3-4-16)2-1-11-29-19-7-8-20-18(12-19)6-9-22(28)26-20/h5,7-8,10,12,14,16H,1-4,6,9,11,13,15H2,(H,24,27)(H,26,28).